The molecule has 0 spiro atoms. The summed E-state index contributed by atoms with van der Waals surface area (Å²) < 4.78 is 0. The molecule has 0 aliphatic carbocycles. The third-order valence-corrected chi connectivity index (χ3v) is 2.41. The third-order valence-electron chi connectivity index (χ3n) is 1.75. The van der Waals surface area contributed by atoms with Gasteiger partial charge in [-0.3, -0.25) is 0 Å². The molecule has 2 nitrogen and oxygen atoms in total. The molecule has 2 atom stereocenters. The minimum Gasteiger partial charge on any atom is -0.390 e. The number of benzene rings is 1. The Kier molecular flexibility index (Phi) is 3.56. The lowest BCUT2D eigenvalue weighted by Gasteiger charge is -2.16. The van der Waals surface area contributed by atoms with Crippen LogP contribution in [0.1, 0.15) is 18.6 Å². The topological polar surface area (TPSA) is 40.5 Å². The van der Waals surface area contributed by atoms with Crippen molar-refractivity contribution in [1.29, 1.82) is 0 Å². The first kappa shape index (κ1) is 10.8. The highest BCUT2D eigenvalue weighted by Gasteiger charge is 2.19. The van der Waals surface area contributed by atoms with Gasteiger partial charge in [-0.15, -0.1) is 0 Å². The monoisotopic (exact) mass is 220 g/mol. The number of rotatable bonds is 2. The van der Waals surface area contributed by atoms with Crippen molar-refractivity contribution in [2.75, 3.05) is 0 Å². The summed E-state index contributed by atoms with van der Waals surface area (Å²) in [7, 11) is 0. The molecule has 1 aromatic rings. The van der Waals surface area contributed by atoms with Crippen LogP contribution in [0.25, 0.3) is 0 Å². The molecule has 0 aliphatic heterocycles. The molecule has 0 fully saturated rings. The number of hydrogen-bond donors (Lipinski definition) is 2. The van der Waals surface area contributed by atoms with Crippen LogP contribution in [-0.2, 0) is 0 Å². The van der Waals surface area contributed by atoms with E-state index in [2.05, 4.69) is 0 Å². The average molecular weight is 221 g/mol. The molecule has 2 N–H and O–H groups in total. The largest absolute Gasteiger partial charge is 0.390 e. The molecule has 0 unspecified atom stereocenters. The predicted octanol–water partition coefficient (Wildman–Crippen LogP) is 2.41. The lowest BCUT2D eigenvalue weighted by Crippen LogP contribution is -2.14. The van der Waals surface area contributed by atoms with E-state index in [9.17, 15) is 5.11 Å². The van der Waals surface area contributed by atoms with Gasteiger partial charge in [-0.1, -0.05) is 29.3 Å². The molecule has 0 heterocycles. The first-order chi connectivity index (χ1) is 6.04. The molecule has 1 aromatic carbocycles. The van der Waals surface area contributed by atoms with Crippen molar-refractivity contribution in [3.63, 3.8) is 0 Å². The Morgan fingerprint density at radius 3 is 2.00 bits per heavy atom. The van der Waals surface area contributed by atoms with Crippen LogP contribution >= 0.6 is 23.2 Å². The molecule has 0 saturated heterocycles. The van der Waals surface area contributed by atoms with Gasteiger partial charge < -0.3 is 10.2 Å². The molecule has 0 radical (unpaired) electrons. The summed E-state index contributed by atoms with van der Waals surface area (Å²) in [5.74, 6) is 0. The number of aliphatic hydroxyl groups is 2. The van der Waals surface area contributed by atoms with Gasteiger partial charge in [-0.05, 0) is 19.1 Å². The highest BCUT2D eigenvalue weighted by atomic mass is 35.5. The molecule has 13 heavy (non-hydrogen) atoms. The average Bonchev–Trinajstić information content (AvgIpc) is 2.03. The summed E-state index contributed by atoms with van der Waals surface area (Å²) in [6.45, 7) is 1.48. The Morgan fingerprint density at radius 1 is 1.15 bits per heavy atom. The Morgan fingerprint density at radius 2 is 1.62 bits per heavy atom. The zero-order valence-corrected chi connectivity index (χ0v) is 8.55. The van der Waals surface area contributed by atoms with Gasteiger partial charge in [0, 0.05) is 15.6 Å². The quantitative estimate of drug-likeness (QED) is 0.804. The van der Waals surface area contributed by atoms with E-state index in [1.807, 2.05) is 0 Å². The molecule has 72 valence electrons. The van der Waals surface area contributed by atoms with Crippen LogP contribution in [0.5, 0.6) is 0 Å². The van der Waals surface area contributed by atoms with Gasteiger partial charge >= 0.3 is 0 Å². The minimum atomic E-state index is -1.04. The van der Waals surface area contributed by atoms with Crippen molar-refractivity contribution in [2.45, 2.75) is 19.1 Å². The van der Waals surface area contributed by atoms with Crippen molar-refractivity contribution >= 4 is 23.2 Å². The van der Waals surface area contributed by atoms with Crippen LogP contribution in [0.2, 0.25) is 10.0 Å². The molecule has 4 heteroatoms. The Bertz CT molecular complexity index is 279. The highest BCUT2D eigenvalue weighted by molar-refractivity contribution is 6.36. The Balaban J connectivity index is 3.12. The van der Waals surface area contributed by atoms with Crippen LogP contribution in [0.3, 0.4) is 0 Å². The third kappa shape index (κ3) is 2.35. The van der Waals surface area contributed by atoms with Crippen LogP contribution < -0.4 is 0 Å². The summed E-state index contributed by atoms with van der Waals surface area (Å²) in [6.07, 6.45) is -1.93. The van der Waals surface area contributed by atoms with Crippen LogP contribution in [0.4, 0.5) is 0 Å². The van der Waals surface area contributed by atoms with Gasteiger partial charge in [0.2, 0.25) is 0 Å². The molecule has 0 saturated carbocycles. The van der Waals surface area contributed by atoms with E-state index in [0.717, 1.165) is 0 Å². The molecule has 1 rings (SSSR count). The van der Waals surface area contributed by atoms with Crippen molar-refractivity contribution in [2.24, 2.45) is 0 Å². The molecule has 0 aromatic heterocycles. The zero-order chi connectivity index (χ0) is 10.0. The number of hydrogen-bond acceptors (Lipinski definition) is 2. The van der Waals surface area contributed by atoms with E-state index in [0.29, 0.717) is 15.6 Å². The fourth-order valence-electron chi connectivity index (χ4n) is 1.03. The maximum atomic E-state index is 9.54. The van der Waals surface area contributed by atoms with E-state index < -0.39 is 12.2 Å². The maximum absolute atomic E-state index is 9.54. The van der Waals surface area contributed by atoms with Crippen molar-refractivity contribution < 1.29 is 10.2 Å². The molecule has 0 aliphatic rings. The second-order valence-corrected chi connectivity index (χ2v) is 3.64. The smallest absolute Gasteiger partial charge is 0.107 e. The molecular formula is C9H10Cl2O2. The van der Waals surface area contributed by atoms with Gasteiger partial charge in [0.1, 0.15) is 6.10 Å². The second-order valence-electron chi connectivity index (χ2n) is 2.82. The normalized spacial score (nSPS) is 15.5. The first-order valence-corrected chi connectivity index (χ1v) is 4.59. The van der Waals surface area contributed by atoms with Gasteiger partial charge in [-0.25, -0.2) is 0 Å². The lowest BCUT2D eigenvalue weighted by atomic mass is 10.1. The Labute approximate surface area is 86.7 Å². The highest BCUT2D eigenvalue weighted by Crippen LogP contribution is 2.31. The predicted molar refractivity (Wildman–Crippen MR) is 53.1 cm³/mol. The number of aliphatic hydroxyl groups excluding tert-OH is 2. The van der Waals surface area contributed by atoms with E-state index in [-0.39, 0.29) is 0 Å². The molecular weight excluding hydrogens is 211 g/mol. The van der Waals surface area contributed by atoms with Crippen LogP contribution in [0.15, 0.2) is 18.2 Å². The SMILES string of the molecule is C[C@@H](O)[C@@H](O)c1c(Cl)cccc1Cl. The van der Waals surface area contributed by atoms with E-state index >= 15 is 0 Å². The minimum absolute atomic E-state index is 0.362. The summed E-state index contributed by atoms with van der Waals surface area (Å²) in [5, 5.41) is 19.4. The van der Waals surface area contributed by atoms with Gasteiger partial charge in [0.25, 0.3) is 0 Å². The van der Waals surface area contributed by atoms with E-state index in [1.165, 1.54) is 6.92 Å². The van der Waals surface area contributed by atoms with Crippen molar-refractivity contribution in [3.05, 3.63) is 33.8 Å². The van der Waals surface area contributed by atoms with Crippen LogP contribution in [-0.4, -0.2) is 16.3 Å². The Hall–Kier alpha value is -0.280. The van der Waals surface area contributed by atoms with Gasteiger partial charge in [-0.2, -0.15) is 0 Å². The zero-order valence-electron chi connectivity index (χ0n) is 7.04. The van der Waals surface area contributed by atoms with Crippen molar-refractivity contribution in [3.8, 4) is 0 Å². The van der Waals surface area contributed by atoms with E-state index in [4.69, 9.17) is 28.3 Å². The summed E-state index contributed by atoms with van der Waals surface area (Å²) in [4.78, 5) is 0. The maximum Gasteiger partial charge on any atom is 0.107 e. The summed E-state index contributed by atoms with van der Waals surface area (Å²) >= 11 is 11.6. The van der Waals surface area contributed by atoms with Gasteiger partial charge in [0.05, 0.1) is 6.10 Å². The van der Waals surface area contributed by atoms with Crippen LogP contribution in [0, 0.1) is 0 Å². The first-order valence-electron chi connectivity index (χ1n) is 3.84. The van der Waals surface area contributed by atoms with Crippen molar-refractivity contribution in [1.82, 2.24) is 0 Å². The molecule has 0 bridgehead atoms. The standard InChI is InChI=1S/C9H10Cl2O2/c1-5(12)9(13)8-6(10)3-2-4-7(8)11/h2-5,9,12-13H,1H3/t5-,9-/m1/s1. The van der Waals surface area contributed by atoms with E-state index in [1.54, 1.807) is 18.2 Å². The fraction of sp³-hybridized carbons (Fsp3) is 0.333. The lowest BCUT2D eigenvalue weighted by molar-refractivity contribution is 0.0306. The van der Waals surface area contributed by atoms with Gasteiger partial charge in [0.15, 0.2) is 0 Å². The summed E-state index contributed by atoms with van der Waals surface area (Å²) in [5.41, 5.74) is 0.376. The summed E-state index contributed by atoms with van der Waals surface area (Å²) in [6, 6.07) is 4.92. The molecule has 0 amide bonds. The second kappa shape index (κ2) is 4.29. The fourth-order valence-corrected chi connectivity index (χ4v) is 1.66. The number of halogens is 2.